The number of nitrogens with zero attached hydrogens (tertiary/aromatic N) is 3. The molecule has 2 aliphatic rings. The number of carbonyl (C=O) groups is 2. The van der Waals surface area contributed by atoms with Crippen molar-refractivity contribution in [2.45, 2.75) is 76.3 Å². The van der Waals surface area contributed by atoms with Crippen molar-refractivity contribution in [2.24, 2.45) is 18.7 Å². The average Bonchev–Trinajstić information content (AvgIpc) is 3.08. The first-order valence-corrected chi connectivity index (χ1v) is 12.9. The molecule has 2 heterocycles. The van der Waals surface area contributed by atoms with Crippen molar-refractivity contribution in [3.8, 4) is 0 Å². The molecule has 1 saturated carbocycles. The van der Waals surface area contributed by atoms with Crippen LogP contribution in [0.5, 0.6) is 0 Å². The lowest BCUT2D eigenvalue weighted by Gasteiger charge is -2.33. The van der Waals surface area contributed by atoms with Crippen molar-refractivity contribution in [2.75, 3.05) is 13.6 Å². The van der Waals surface area contributed by atoms with Crippen LogP contribution in [0.4, 0.5) is 0 Å². The number of nitrogens with two attached hydrogens (primary N) is 1. The Morgan fingerprint density at radius 1 is 1.09 bits per heavy atom. The number of hydrogen-bond donors (Lipinski definition) is 2. The Labute approximate surface area is 207 Å². The lowest BCUT2D eigenvalue weighted by atomic mass is 9.84. The molecule has 4 rings (SSSR count). The summed E-state index contributed by atoms with van der Waals surface area (Å²) in [5.41, 5.74) is 9.81. The molecule has 2 aromatic rings. The van der Waals surface area contributed by atoms with Crippen LogP contribution in [0.3, 0.4) is 0 Å². The molecule has 8 heteroatoms. The Morgan fingerprint density at radius 2 is 1.83 bits per heavy atom. The molecule has 1 atom stereocenters. The summed E-state index contributed by atoms with van der Waals surface area (Å²) in [7, 11) is 3.89. The van der Waals surface area contributed by atoms with Crippen molar-refractivity contribution in [3.63, 3.8) is 0 Å². The molecule has 1 saturated heterocycles. The smallest absolute Gasteiger partial charge is 0.329 e. The quantitative estimate of drug-likeness (QED) is 0.423. The third kappa shape index (κ3) is 5.53. The minimum absolute atomic E-state index is 0.227. The number of amides is 2. The van der Waals surface area contributed by atoms with Gasteiger partial charge in [0.15, 0.2) is 0 Å². The lowest BCUT2D eigenvalue weighted by molar-refractivity contribution is -0.135. The number of aromatic nitrogens is 2. The maximum absolute atomic E-state index is 12.9. The van der Waals surface area contributed by atoms with Gasteiger partial charge >= 0.3 is 5.69 Å². The van der Waals surface area contributed by atoms with Gasteiger partial charge in [-0.3, -0.25) is 24.0 Å². The fraction of sp³-hybridized carbons (Fsp3) is 0.593. The molecule has 1 aliphatic carbocycles. The third-order valence-electron chi connectivity index (χ3n) is 7.87. The predicted octanol–water partition coefficient (Wildman–Crippen LogP) is 2.99. The lowest BCUT2D eigenvalue weighted by Crippen LogP contribution is -2.44. The third-order valence-corrected chi connectivity index (χ3v) is 7.87. The van der Waals surface area contributed by atoms with E-state index in [0.717, 1.165) is 68.9 Å². The summed E-state index contributed by atoms with van der Waals surface area (Å²) in [6, 6.07) is 5.75. The van der Waals surface area contributed by atoms with Crippen LogP contribution in [0.2, 0.25) is 0 Å². The molecule has 0 spiro atoms. The number of carbonyl (C=O) groups excluding carboxylic acids is 2. The number of allylic oxidation sites excluding steroid dienone is 1. The number of aryl methyl sites for hydroxylation is 2. The molecular formula is C27H39N5O3. The summed E-state index contributed by atoms with van der Waals surface area (Å²) in [5, 5.41) is 2.35. The van der Waals surface area contributed by atoms with E-state index >= 15 is 0 Å². The Bertz CT molecular complexity index is 1160. The van der Waals surface area contributed by atoms with Gasteiger partial charge in [0.05, 0.1) is 11.0 Å². The molecule has 190 valence electrons. The number of imidazole rings is 1. The second kappa shape index (κ2) is 10.8. The van der Waals surface area contributed by atoms with Gasteiger partial charge in [0, 0.05) is 38.8 Å². The molecule has 1 aliphatic heterocycles. The molecule has 1 aromatic heterocycles. The number of rotatable bonds is 9. The predicted molar refractivity (Wildman–Crippen MR) is 138 cm³/mol. The molecule has 0 bridgehead atoms. The Kier molecular flexibility index (Phi) is 7.79. The molecule has 0 radical (unpaired) electrons. The molecule has 8 nitrogen and oxygen atoms in total. The van der Waals surface area contributed by atoms with Gasteiger partial charge in [-0.1, -0.05) is 19.1 Å². The normalized spacial score (nSPS) is 22.9. The van der Waals surface area contributed by atoms with Crippen LogP contribution in [0.15, 0.2) is 35.3 Å². The molecule has 3 N–H and O–H groups in total. The fourth-order valence-corrected chi connectivity index (χ4v) is 5.56. The summed E-state index contributed by atoms with van der Waals surface area (Å²) in [4.78, 5) is 39.1. The molecule has 2 amide bonds. The second-order valence-corrected chi connectivity index (χ2v) is 10.3. The number of imide groups is 1. The molecule has 2 fully saturated rings. The summed E-state index contributed by atoms with van der Waals surface area (Å²) in [6.07, 6.45) is 9.37. The highest BCUT2D eigenvalue weighted by atomic mass is 16.2. The number of benzene rings is 1. The number of fused-ring (bicyclic) bond motifs is 1. The first kappa shape index (κ1) is 25.2. The van der Waals surface area contributed by atoms with E-state index in [1.54, 1.807) is 11.6 Å². The number of unbranched alkanes of at least 4 members (excludes halogenated alkanes) is 2. The van der Waals surface area contributed by atoms with Gasteiger partial charge in [0.1, 0.15) is 6.04 Å². The van der Waals surface area contributed by atoms with Gasteiger partial charge in [-0.05, 0) is 75.0 Å². The van der Waals surface area contributed by atoms with E-state index in [4.69, 9.17) is 5.73 Å². The Balaban J connectivity index is 1.30. The first-order chi connectivity index (χ1) is 16.8. The van der Waals surface area contributed by atoms with Crippen molar-refractivity contribution < 1.29 is 9.59 Å². The van der Waals surface area contributed by atoms with Gasteiger partial charge in [0.25, 0.3) is 0 Å². The van der Waals surface area contributed by atoms with Crippen molar-refractivity contribution in [1.82, 2.24) is 19.4 Å². The average molecular weight is 482 g/mol. The van der Waals surface area contributed by atoms with Crippen LogP contribution in [-0.4, -0.2) is 45.5 Å². The van der Waals surface area contributed by atoms with E-state index in [9.17, 15) is 14.4 Å². The monoisotopic (exact) mass is 481 g/mol. The van der Waals surface area contributed by atoms with Crippen molar-refractivity contribution in [3.05, 3.63) is 46.5 Å². The van der Waals surface area contributed by atoms with Crippen molar-refractivity contribution in [1.29, 1.82) is 0 Å². The maximum Gasteiger partial charge on any atom is 0.329 e. The number of hydrogen-bond acceptors (Lipinski definition) is 5. The van der Waals surface area contributed by atoms with Gasteiger partial charge in [0.2, 0.25) is 11.8 Å². The minimum Gasteiger partial charge on any atom is -0.378 e. The van der Waals surface area contributed by atoms with Crippen LogP contribution in [0.25, 0.3) is 11.0 Å². The highest BCUT2D eigenvalue weighted by molar-refractivity contribution is 6.00. The summed E-state index contributed by atoms with van der Waals surface area (Å²) in [5.74, 6) is -0.110. The molecule has 35 heavy (non-hydrogen) atoms. The van der Waals surface area contributed by atoms with Crippen LogP contribution < -0.4 is 16.7 Å². The van der Waals surface area contributed by atoms with Crippen LogP contribution in [0.1, 0.15) is 69.4 Å². The summed E-state index contributed by atoms with van der Waals surface area (Å²) >= 11 is 0. The maximum atomic E-state index is 12.9. The van der Waals surface area contributed by atoms with Crippen LogP contribution >= 0.6 is 0 Å². The van der Waals surface area contributed by atoms with E-state index in [2.05, 4.69) is 29.9 Å². The van der Waals surface area contributed by atoms with Gasteiger partial charge in [-0.25, -0.2) is 4.79 Å². The zero-order chi connectivity index (χ0) is 25.1. The fourth-order valence-electron chi connectivity index (χ4n) is 5.56. The standard InChI is InChI=1S/C27H39N5O3/c1-18(20-9-11-21(28)12-10-20)30(2)16-6-4-5-7-19-8-13-22-24(17-19)31(3)27(35)32(22)23-14-15-25(33)29-26(23)34/h8,13,17,20-21,23H,1,4-7,9-12,14-16,28H2,2-3H3,(H,29,33,34). The molecular weight excluding hydrogens is 442 g/mol. The largest absolute Gasteiger partial charge is 0.378 e. The number of piperidine rings is 1. The first-order valence-electron chi connectivity index (χ1n) is 12.9. The molecule has 1 aromatic carbocycles. The zero-order valence-corrected chi connectivity index (χ0v) is 21.1. The van der Waals surface area contributed by atoms with Gasteiger partial charge in [-0.2, -0.15) is 0 Å². The topological polar surface area (TPSA) is 102 Å². The SMILES string of the molecule is C=C(C1CCC(N)CC1)N(C)CCCCCc1ccc2c(c1)n(C)c(=O)n2C1CCC(=O)NC1=O. The van der Waals surface area contributed by atoms with Gasteiger partial charge < -0.3 is 10.6 Å². The van der Waals surface area contributed by atoms with Gasteiger partial charge in [-0.15, -0.1) is 0 Å². The van der Waals surface area contributed by atoms with Crippen LogP contribution in [0, 0.1) is 5.92 Å². The van der Waals surface area contributed by atoms with E-state index in [0.29, 0.717) is 18.4 Å². The highest BCUT2D eigenvalue weighted by Crippen LogP contribution is 2.30. The Morgan fingerprint density at radius 3 is 2.54 bits per heavy atom. The number of nitrogens with one attached hydrogen (secondary N) is 1. The van der Waals surface area contributed by atoms with E-state index in [1.165, 1.54) is 15.8 Å². The zero-order valence-electron chi connectivity index (χ0n) is 21.1. The van der Waals surface area contributed by atoms with E-state index in [1.807, 2.05) is 12.1 Å². The van der Waals surface area contributed by atoms with Crippen molar-refractivity contribution >= 4 is 22.8 Å². The summed E-state index contributed by atoms with van der Waals surface area (Å²) < 4.78 is 3.13. The summed E-state index contributed by atoms with van der Waals surface area (Å²) in [6.45, 7) is 5.37. The highest BCUT2D eigenvalue weighted by Gasteiger charge is 2.31. The van der Waals surface area contributed by atoms with E-state index in [-0.39, 0.29) is 18.0 Å². The second-order valence-electron chi connectivity index (χ2n) is 10.3. The minimum atomic E-state index is -0.646. The van der Waals surface area contributed by atoms with E-state index < -0.39 is 11.9 Å². The molecule has 1 unspecified atom stereocenters. The Hall–Kier alpha value is -2.87. The van der Waals surface area contributed by atoms with Crippen LogP contribution in [-0.2, 0) is 23.1 Å².